The quantitative estimate of drug-likeness (QED) is 0.154. The number of hydrogen-bond acceptors (Lipinski definition) is 8. The summed E-state index contributed by atoms with van der Waals surface area (Å²) >= 11 is 9.75. The normalized spacial score (nSPS) is 14.7. The van der Waals surface area contributed by atoms with Crippen molar-refractivity contribution in [3.8, 4) is 17.2 Å². The highest BCUT2D eigenvalue weighted by Crippen LogP contribution is 2.36. The second kappa shape index (κ2) is 13.6. The molecule has 0 saturated heterocycles. The van der Waals surface area contributed by atoms with Crippen LogP contribution in [-0.2, 0) is 16.1 Å². The molecule has 2 heterocycles. The third-order valence-electron chi connectivity index (χ3n) is 6.90. The Kier molecular flexibility index (Phi) is 9.81. The molecule has 0 N–H and O–H groups in total. The third-order valence-corrected chi connectivity index (χ3v) is 9.05. The molecule has 0 saturated carbocycles. The number of allylic oxidation sites excluding steroid dienone is 1. The molecule has 3 aromatic carbocycles. The molecule has 1 atom stereocenters. The molecule has 0 aliphatic carbocycles. The molecule has 1 aliphatic rings. The Morgan fingerprint density at radius 2 is 1.84 bits per heavy atom. The topological polar surface area (TPSA) is 88.4 Å². The summed E-state index contributed by atoms with van der Waals surface area (Å²) < 4.78 is 25.5. The summed E-state index contributed by atoms with van der Waals surface area (Å²) in [7, 11) is 3.15. The number of thiazole rings is 1. The van der Waals surface area contributed by atoms with E-state index in [1.807, 2.05) is 48.5 Å². The van der Waals surface area contributed by atoms with E-state index in [4.69, 9.17) is 30.5 Å². The van der Waals surface area contributed by atoms with Gasteiger partial charge in [0.2, 0.25) is 0 Å². The van der Waals surface area contributed by atoms with Gasteiger partial charge in [0.1, 0.15) is 12.4 Å². The molecule has 0 fully saturated rings. The van der Waals surface area contributed by atoms with Gasteiger partial charge in [-0.2, -0.15) is 0 Å². The zero-order valence-corrected chi connectivity index (χ0v) is 28.5. The summed E-state index contributed by atoms with van der Waals surface area (Å²) in [5.41, 5.74) is 2.89. The first-order valence-corrected chi connectivity index (χ1v) is 16.0. The number of fused-ring (bicyclic) bond motifs is 1. The first kappa shape index (κ1) is 31.8. The third kappa shape index (κ3) is 6.57. The van der Waals surface area contributed by atoms with Gasteiger partial charge in [0.05, 0.1) is 45.7 Å². The van der Waals surface area contributed by atoms with Crippen LogP contribution in [0, 0.1) is 3.57 Å². The van der Waals surface area contributed by atoms with E-state index in [9.17, 15) is 9.59 Å². The predicted octanol–water partition coefficient (Wildman–Crippen LogP) is 6.04. The van der Waals surface area contributed by atoms with Crippen molar-refractivity contribution in [2.45, 2.75) is 39.5 Å². The molecule has 1 aromatic heterocycles. The highest BCUT2D eigenvalue weighted by molar-refractivity contribution is 14.1. The van der Waals surface area contributed by atoms with Gasteiger partial charge < -0.3 is 18.9 Å². The van der Waals surface area contributed by atoms with Gasteiger partial charge in [-0.25, -0.2) is 9.79 Å². The molecule has 0 radical (unpaired) electrons. The molecule has 1 aliphatic heterocycles. The minimum Gasteiger partial charge on any atom is -0.497 e. The Hall–Kier alpha value is -3.61. The maximum Gasteiger partial charge on any atom is 0.338 e. The highest BCUT2D eigenvalue weighted by Gasteiger charge is 2.33. The van der Waals surface area contributed by atoms with E-state index in [0.717, 1.165) is 20.3 Å². The van der Waals surface area contributed by atoms with Crippen molar-refractivity contribution in [2.24, 2.45) is 4.99 Å². The smallest absolute Gasteiger partial charge is 0.338 e. The molecule has 5 rings (SSSR count). The number of carbonyl (C=O) groups is 1. The van der Waals surface area contributed by atoms with Crippen LogP contribution in [0.2, 0.25) is 5.02 Å². The number of nitrogens with zero attached hydrogens (tertiary/aromatic N) is 2. The van der Waals surface area contributed by atoms with Crippen LogP contribution in [0.15, 0.2) is 81.7 Å². The van der Waals surface area contributed by atoms with Crippen molar-refractivity contribution in [3.05, 3.63) is 117 Å². The fourth-order valence-corrected chi connectivity index (χ4v) is 6.86. The lowest BCUT2D eigenvalue weighted by Gasteiger charge is -2.25. The van der Waals surface area contributed by atoms with Crippen molar-refractivity contribution in [3.63, 3.8) is 0 Å². The predicted molar refractivity (Wildman–Crippen MR) is 179 cm³/mol. The Bertz CT molecular complexity index is 1930. The minimum atomic E-state index is -0.721. The number of hydrogen-bond donors (Lipinski definition) is 0. The number of esters is 1. The van der Waals surface area contributed by atoms with Crippen molar-refractivity contribution >= 4 is 57.6 Å². The summed E-state index contributed by atoms with van der Waals surface area (Å²) in [5, 5.41) is 0.622. The fraction of sp³-hybridized carbons (Fsp3) is 0.242. The number of ether oxygens (including phenoxy) is 4. The monoisotopic (exact) mass is 744 g/mol. The van der Waals surface area contributed by atoms with Crippen LogP contribution in [0.25, 0.3) is 6.08 Å². The zero-order valence-electron chi connectivity index (χ0n) is 24.7. The number of carbonyl (C=O) groups excluding carboxylic acids is 1. The van der Waals surface area contributed by atoms with Crippen molar-refractivity contribution in [2.75, 3.05) is 14.2 Å². The number of methoxy groups -OCH3 is 2. The molecule has 0 unspecified atom stereocenters. The summed E-state index contributed by atoms with van der Waals surface area (Å²) in [6, 6.07) is 17.8. The maximum atomic E-state index is 14.0. The van der Waals surface area contributed by atoms with Gasteiger partial charge in [-0.3, -0.25) is 9.36 Å². The van der Waals surface area contributed by atoms with E-state index in [0.29, 0.717) is 42.9 Å². The molecule has 228 valence electrons. The van der Waals surface area contributed by atoms with Gasteiger partial charge in [0.15, 0.2) is 16.3 Å². The molecule has 0 bridgehead atoms. The largest absolute Gasteiger partial charge is 0.497 e. The molecule has 8 nitrogen and oxygen atoms in total. The van der Waals surface area contributed by atoms with E-state index in [1.54, 1.807) is 57.8 Å². The molecule has 44 heavy (non-hydrogen) atoms. The SMILES string of the molecule is COc1ccc([C@H]2C(C(=O)OC(C)C)=C(C)N=c3s/c(=C\c4cc(I)c(OCc5ccccc5Cl)c(OC)c4)c(=O)n32)cc1. The van der Waals surface area contributed by atoms with Crippen LogP contribution in [0.1, 0.15) is 43.5 Å². The average molecular weight is 745 g/mol. The Morgan fingerprint density at radius 3 is 2.50 bits per heavy atom. The number of rotatable bonds is 9. The summed E-state index contributed by atoms with van der Waals surface area (Å²) in [4.78, 5) is 32.5. The average Bonchev–Trinajstić information content (AvgIpc) is 3.29. The van der Waals surface area contributed by atoms with Crippen LogP contribution >= 0.6 is 45.5 Å². The lowest BCUT2D eigenvalue weighted by Crippen LogP contribution is -2.40. The first-order valence-electron chi connectivity index (χ1n) is 13.7. The zero-order chi connectivity index (χ0) is 31.5. The Labute approximate surface area is 277 Å². The van der Waals surface area contributed by atoms with E-state index in [-0.39, 0.29) is 18.3 Å². The summed E-state index contributed by atoms with van der Waals surface area (Å²) in [6.07, 6.45) is 1.46. The molecular weight excluding hydrogens is 715 g/mol. The molecule has 4 aromatic rings. The van der Waals surface area contributed by atoms with Gasteiger partial charge >= 0.3 is 5.97 Å². The van der Waals surface area contributed by atoms with Gasteiger partial charge in [-0.15, -0.1) is 0 Å². The van der Waals surface area contributed by atoms with Crippen LogP contribution < -0.4 is 29.1 Å². The fourth-order valence-electron chi connectivity index (χ4n) is 4.84. The van der Waals surface area contributed by atoms with Crippen LogP contribution in [0.3, 0.4) is 0 Å². The van der Waals surface area contributed by atoms with Gasteiger partial charge in [0, 0.05) is 10.6 Å². The summed E-state index contributed by atoms with van der Waals surface area (Å²) in [6.45, 7) is 5.61. The van der Waals surface area contributed by atoms with Gasteiger partial charge in [-0.1, -0.05) is 53.3 Å². The van der Waals surface area contributed by atoms with Crippen LogP contribution in [0.4, 0.5) is 0 Å². The molecular formula is C33H30ClIN2O6S. The second-order valence-corrected chi connectivity index (χ2v) is 12.8. The van der Waals surface area contributed by atoms with E-state index in [1.165, 1.54) is 11.3 Å². The Morgan fingerprint density at radius 1 is 1.11 bits per heavy atom. The second-order valence-electron chi connectivity index (χ2n) is 10.2. The molecule has 0 amide bonds. The van der Waals surface area contributed by atoms with Crippen LogP contribution in [-0.4, -0.2) is 30.9 Å². The van der Waals surface area contributed by atoms with E-state index >= 15 is 0 Å². The number of aromatic nitrogens is 1. The number of benzene rings is 3. The van der Waals surface area contributed by atoms with Crippen molar-refractivity contribution < 1.29 is 23.7 Å². The van der Waals surface area contributed by atoms with Gasteiger partial charge in [0.25, 0.3) is 5.56 Å². The number of halogens is 2. The maximum absolute atomic E-state index is 14.0. The molecule has 0 spiro atoms. The molecule has 11 heteroatoms. The lowest BCUT2D eigenvalue weighted by atomic mass is 9.96. The van der Waals surface area contributed by atoms with Gasteiger partial charge in [-0.05, 0) is 90.9 Å². The lowest BCUT2D eigenvalue weighted by molar-refractivity contribution is -0.143. The highest BCUT2D eigenvalue weighted by atomic mass is 127. The summed E-state index contributed by atoms with van der Waals surface area (Å²) in [5.74, 6) is 1.25. The standard InChI is InChI=1S/C33H30ClIN2O6S/c1-18(2)43-32(39)28-19(3)36-33-37(29(28)21-10-12-23(40-4)13-11-21)31(38)27(44-33)16-20-14-25(35)30(26(15-20)41-5)42-17-22-8-6-7-9-24(22)34/h6-16,18,29H,17H2,1-5H3/b27-16-/t29-/m0/s1. The van der Waals surface area contributed by atoms with Crippen molar-refractivity contribution in [1.82, 2.24) is 4.57 Å². The van der Waals surface area contributed by atoms with Crippen LogP contribution in [0.5, 0.6) is 17.2 Å². The van der Waals surface area contributed by atoms with E-state index in [2.05, 4.69) is 27.6 Å². The Balaban J connectivity index is 1.58. The van der Waals surface area contributed by atoms with Crippen molar-refractivity contribution in [1.29, 1.82) is 0 Å². The van der Waals surface area contributed by atoms with E-state index < -0.39 is 12.0 Å². The first-order chi connectivity index (χ1) is 21.1. The minimum absolute atomic E-state index is 0.273.